The molecule has 0 amide bonds. The number of nitrogens with zero attached hydrogens (tertiary/aromatic N) is 2. The van der Waals surface area contributed by atoms with Gasteiger partial charge in [-0.15, -0.1) is 0 Å². The van der Waals surface area contributed by atoms with Crippen molar-refractivity contribution in [3.8, 4) is 0 Å². The molecule has 0 radical (unpaired) electrons. The van der Waals surface area contributed by atoms with Crippen molar-refractivity contribution >= 4 is 46.1 Å². The van der Waals surface area contributed by atoms with Crippen molar-refractivity contribution < 1.29 is 24.0 Å². The van der Waals surface area contributed by atoms with Gasteiger partial charge in [0.1, 0.15) is 12.4 Å². The number of fused-ring (bicyclic) bond motifs is 2. The van der Waals surface area contributed by atoms with Gasteiger partial charge in [0.25, 0.3) is 0 Å². The average Bonchev–Trinajstić information content (AvgIpc) is 3.58. The van der Waals surface area contributed by atoms with Crippen LogP contribution in [0.15, 0.2) is 71.2 Å². The third kappa shape index (κ3) is 13.1. The van der Waals surface area contributed by atoms with E-state index in [2.05, 4.69) is 63.2 Å². The Kier molecular flexibility index (Phi) is 20.2. The van der Waals surface area contributed by atoms with E-state index in [1.54, 1.807) is 0 Å². The largest absolute Gasteiger partial charge is 0.506 e. The SMILES string of the molecule is CCCCCCCCCCCCOCCN1/C(=C\C2=C(O)C(=C\C3=[N+](CCOCCCCCCCCCCCC)c4ccc(Cl)cc4C3(C)C)/C2=O)C(C)(C)c2cc(Cl)ccc21. The van der Waals surface area contributed by atoms with E-state index in [4.69, 9.17) is 32.7 Å². The van der Waals surface area contributed by atoms with E-state index < -0.39 is 10.8 Å². The summed E-state index contributed by atoms with van der Waals surface area (Å²) in [5.41, 5.74) is 5.97. The fourth-order valence-corrected chi connectivity index (χ4v) is 9.92. The Balaban J connectivity index is 1.24. The molecule has 0 unspecified atom stereocenters. The van der Waals surface area contributed by atoms with Gasteiger partial charge in [-0.1, -0.05) is 166 Å². The molecule has 342 valence electrons. The van der Waals surface area contributed by atoms with Gasteiger partial charge in [0.05, 0.1) is 23.2 Å². The monoisotopic (exact) mass is 890 g/mol. The Bertz CT molecular complexity index is 1910. The number of halogens is 2. The second kappa shape index (κ2) is 25.0. The molecule has 1 N–H and O–H groups in total. The fourth-order valence-electron chi connectivity index (χ4n) is 9.58. The number of rotatable bonds is 30. The van der Waals surface area contributed by atoms with Gasteiger partial charge in [-0.3, -0.25) is 4.79 Å². The predicted molar refractivity (Wildman–Crippen MR) is 262 cm³/mol. The molecule has 8 heteroatoms. The maximum atomic E-state index is 14.1. The minimum Gasteiger partial charge on any atom is -0.506 e. The van der Waals surface area contributed by atoms with Gasteiger partial charge in [0.15, 0.2) is 12.3 Å². The van der Waals surface area contributed by atoms with Gasteiger partial charge < -0.3 is 19.5 Å². The van der Waals surface area contributed by atoms with Crippen molar-refractivity contribution in [1.29, 1.82) is 0 Å². The average molecular weight is 891 g/mol. The molecular formula is C54H79Cl2N2O4+. The molecule has 2 heterocycles. The summed E-state index contributed by atoms with van der Waals surface area (Å²) in [4.78, 5) is 16.4. The highest BCUT2D eigenvalue weighted by Crippen LogP contribution is 2.50. The highest BCUT2D eigenvalue weighted by molar-refractivity contribution is 6.31. The van der Waals surface area contributed by atoms with Crippen LogP contribution < -0.4 is 4.90 Å². The summed E-state index contributed by atoms with van der Waals surface area (Å²) < 4.78 is 14.6. The molecule has 3 aliphatic rings. The van der Waals surface area contributed by atoms with Gasteiger partial charge in [-0.2, -0.15) is 4.58 Å². The summed E-state index contributed by atoms with van der Waals surface area (Å²) in [7, 11) is 0. The Morgan fingerprint density at radius 3 is 1.68 bits per heavy atom. The van der Waals surface area contributed by atoms with E-state index in [0.29, 0.717) is 47.5 Å². The van der Waals surface area contributed by atoms with Gasteiger partial charge in [-0.25, -0.2) is 0 Å². The third-order valence-electron chi connectivity index (χ3n) is 13.5. The number of aliphatic hydroxyl groups excluding tert-OH is 1. The van der Waals surface area contributed by atoms with Crippen LogP contribution in [0.3, 0.4) is 0 Å². The molecule has 0 atom stereocenters. The molecule has 2 aromatic rings. The molecular weight excluding hydrogens is 812 g/mol. The van der Waals surface area contributed by atoms with Crippen LogP contribution in [0.4, 0.5) is 11.4 Å². The Labute approximate surface area is 385 Å². The van der Waals surface area contributed by atoms with Crippen LogP contribution in [0, 0.1) is 0 Å². The van der Waals surface area contributed by atoms with Crippen LogP contribution in [-0.2, 0) is 25.1 Å². The van der Waals surface area contributed by atoms with Crippen molar-refractivity contribution in [3.05, 3.63) is 92.3 Å². The molecule has 6 nitrogen and oxygen atoms in total. The Hall–Kier alpha value is -2.90. The van der Waals surface area contributed by atoms with E-state index in [1.165, 1.54) is 116 Å². The standard InChI is InChI=1S/C54H78Cl2N2O4/c1-7-9-11-13-15-17-19-21-23-25-33-61-35-31-57-47-29-27-41(55)37-45(47)53(3,4)49(57)39-43-51(59)44(52(43)60)40-50-54(5,6)46-38-42(56)28-30-48(46)58(50)32-36-62-34-26-24-22-20-18-16-14-12-10-8-2/h27-30,37-40H,7-26,31-36H2,1-6H3/p+1. The second-order valence-electron chi connectivity index (χ2n) is 19.0. The molecule has 1 aliphatic carbocycles. The van der Waals surface area contributed by atoms with Crippen LogP contribution in [-0.4, -0.2) is 60.7 Å². The van der Waals surface area contributed by atoms with Crippen LogP contribution in [0.1, 0.15) is 181 Å². The lowest BCUT2D eigenvalue weighted by Gasteiger charge is -2.29. The maximum absolute atomic E-state index is 14.1. The number of Topliss-reactive ketones (excluding diaryl/α,β-unsaturated/α-hetero) is 1. The highest BCUT2D eigenvalue weighted by Gasteiger charge is 2.47. The van der Waals surface area contributed by atoms with Crippen molar-refractivity contribution in [2.24, 2.45) is 0 Å². The van der Waals surface area contributed by atoms with E-state index in [-0.39, 0.29) is 11.5 Å². The number of carbonyl (C=O) groups excluding carboxylic acids is 1. The van der Waals surface area contributed by atoms with E-state index >= 15 is 0 Å². The zero-order chi connectivity index (χ0) is 44.5. The first kappa shape index (κ1) is 50.1. The van der Waals surface area contributed by atoms with Gasteiger partial charge in [0, 0.05) is 64.3 Å². The minimum absolute atomic E-state index is 0.0268. The number of ketones is 1. The first-order chi connectivity index (χ1) is 29.9. The molecule has 62 heavy (non-hydrogen) atoms. The second-order valence-corrected chi connectivity index (χ2v) is 19.9. The summed E-state index contributed by atoms with van der Waals surface area (Å²) in [6, 6.07) is 12.0. The first-order valence-corrected chi connectivity index (χ1v) is 25.3. The quantitative estimate of drug-likeness (QED) is 0.0481. The number of ether oxygens (including phenoxy) is 2. The lowest BCUT2D eigenvalue weighted by Crippen LogP contribution is -2.33. The molecule has 5 rings (SSSR count). The molecule has 0 spiro atoms. The minimum atomic E-state index is -0.447. The smallest absolute Gasteiger partial charge is 0.209 e. The number of anilines is 1. The van der Waals surface area contributed by atoms with Crippen LogP contribution in [0.2, 0.25) is 10.0 Å². The summed E-state index contributed by atoms with van der Waals surface area (Å²) in [6.07, 6.45) is 29.7. The van der Waals surface area contributed by atoms with Crippen LogP contribution >= 0.6 is 23.2 Å². The molecule has 2 aromatic carbocycles. The van der Waals surface area contributed by atoms with Gasteiger partial charge in [-0.05, 0) is 68.7 Å². The van der Waals surface area contributed by atoms with Crippen molar-refractivity contribution in [3.63, 3.8) is 0 Å². The van der Waals surface area contributed by atoms with Crippen LogP contribution in [0.5, 0.6) is 0 Å². The normalized spacial score (nSPS) is 17.8. The number of carbonyl (C=O) groups is 1. The zero-order valence-electron chi connectivity index (χ0n) is 39.3. The maximum Gasteiger partial charge on any atom is 0.209 e. The van der Waals surface area contributed by atoms with Crippen molar-refractivity contribution in [2.75, 3.05) is 44.4 Å². The fraction of sp³-hybridized carbons (Fsp3) is 0.630. The number of hydrogen-bond donors (Lipinski definition) is 1. The van der Waals surface area contributed by atoms with Gasteiger partial charge >= 0.3 is 0 Å². The predicted octanol–water partition coefficient (Wildman–Crippen LogP) is 15.2. The number of aliphatic hydroxyl groups is 1. The number of unbranched alkanes of at least 4 members (excludes halogenated alkanes) is 18. The summed E-state index contributed by atoms with van der Waals surface area (Å²) in [5.74, 6) is -0.134. The zero-order valence-corrected chi connectivity index (χ0v) is 40.8. The summed E-state index contributed by atoms with van der Waals surface area (Å²) in [6.45, 7) is 17.1. The molecule has 0 bridgehead atoms. The summed E-state index contributed by atoms with van der Waals surface area (Å²) >= 11 is 13.1. The van der Waals surface area contributed by atoms with Gasteiger partial charge in [0.2, 0.25) is 11.5 Å². The highest BCUT2D eigenvalue weighted by atomic mass is 35.5. The lowest BCUT2D eigenvalue weighted by molar-refractivity contribution is -0.442. The molecule has 0 saturated heterocycles. The Morgan fingerprint density at radius 1 is 0.629 bits per heavy atom. The third-order valence-corrected chi connectivity index (χ3v) is 13.9. The van der Waals surface area contributed by atoms with Crippen molar-refractivity contribution in [1.82, 2.24) is 0 Å². The van der Waals surface area contributed by atoms with E-state index in [9.17, 15) is 9.90 Å². The molecule has 0 saturated carbocycles. The first-order valence-electron chi connectivity index (χ1n) is 24.5. The molecule has 0 fully saturated rings. The number of hydrogen-bond acceptors (Lipinski definition) is 5. The molecule has 2 aliphatic heterocycles. The van der Waals surface area contributed by atoms with E-state index in [0.717, 1.165) is 60.0 Å². The molecule has 0 aromatic heterocycles. The van der Waals surface area contributed by atoms with Crippen LogP contribution in [0.25, 0.3) is 0 Å². The number of benzene rings is 2. The summed E-state index contributed by atoms with van der Waals surface area (Å²) in [5, 5.41) is 13.0. The Morgan fingerprint density at radius 2 is 1.13 bits per heavy atom. The van der Waals surface area contributed by atoms with Crippen molar-refractivity contribution in [2.45, 2.75) is 181 Å². The lowest BCUT2D eigenvalue weighted by atomic mass is 9.77. The number of allylic oxidation sites excluding steroid dienone is 5. The topological polar surface area (TPSA) is 62.0 Å². The van der Waals surface area contributed by atoms with E-state index in [1.807, 2.05) is 36.4 Å².